The Hall–Kier alpha value is -0.0800. The Bertz CT molecular complexity index is 158. The second-order valence-electron chi connectivity index (χ2n) is 4.72. The van der Waals surface area contributed by atoms with Crippen LogP contribution in [0.5, 0.6) is 0 Å². The van der Waals surface area contributed by atoms with E-state index in [1.54, 1.807) is 0 Å². The van der Waals surface area contributed by atoms with Gasteiger partial charge in [-0.05, 0) is 52.2 Å². The fourth-order valence-corrected chi connectivity index (χ4v) is 2.65. The fraction of sp³-hybridized carbons (Fsp3) is 1.00. The van der Waals surface area contributed by atoms with Crippen molar-refractivity contribution in [2.75, 3.05) is 20.1 Å². The van der Waals surface area contributed by atoms with Crippen molar-refractivity contribution in [2.45, 2.75) is 52.1 Å². The van der Waals surface area contributed by atoms with E-state index >= 15 is 0 Å². The minimum Gasteiger partial charge on any atom is -0.319 e. The summed E-state index contributed by atoms with van der Waals surface area (Å²) in [5, 5.41) is 3.28. The predicted octanol–water partition coefficient (Wildman–Crippen LogP) is 2.10. The molecule has 1 rings (SSSR count). The molecule has 2 nitrogen and oxygen atoms in total. The van der Waals surface area contributed by atoms with E-state index in [0.29, 0.717) is 0 Å². The van der Waals surface area contributed by atoms with Crippen LogP contribution in [0.2, 0.25) is 0 Å². The molecule has 84 valence electrons. The van der Waals surface area contributed by atoms with Gasteiger partial charge < -0.3 is 5.32 Å². The molecule has 0 radical (unpaired) electrons. The highest BCUT2D eigenvalue weighted by Gasteiger charge is 2.29. The number of nitrogens with zero attached hydrogens (tertiary/aromatic N) is 1. The third kappa shape index (κ3) is 2.71. The molecule has 0 saturated carbocycles. The van der Waals surface area contributed by atoms with E-state index in [2.05, 4.69) is 31.0 Å². The van der Waals surface area contributed by atoms with Crippen molar-refractivity contribution in [1.82, 2.24) is 10.2 Å². The van der Waals surface area contributed by atoms with Crippen molar-refractivity contribution >= 4 is 0 Å². The van der Waals surface area contributed by atoms with E-state index in [4.69, 9.17) is 0 Å². The van der Waals surface area contributed by atoms with E-state index in [-0.39, 0.29) is 0 Å². The maximum Gasteiger partial charge on any atom is 0.0108 e. The maximum atomic E-state index is 3.28. The smallest absolute Gasteiger partial charge is 0.0108 e. The van der Waals surface area contributed by atoms with Gasteiger partial charge in [0, 0.05) is 12.1 Å². The van der Waals surface area contributed by atoms with Gasteiger partial charge in [-0.1, -0.05) is 13.8 Å². The van der Waals surface area contributed by atoms with Crippen LogP contribution in [0.15, 0.2) is 0 Å². The van der Waals surface area contributed by atoms with Crippen molar-refractivity contribution in [3.8, 4) is 0 Å². The molecular formula is C12H26N2. The quantitative estimate of drug-likeness (QED) is 0.728. The molecule has 0 spiro atoms. The number of hydrogen-bond donors (Lipinski definition) is 1. The van der Waals surface area contributed by atoms with Gasteiger partial charge in [-0.15, -0.1) is 0 Å². The van der Waals surface area contributed by atoms with Gasteiger partial charge in [-0.3, -0.25) is 4.90 Å². The summed E-state index contributed by atoms with van der Waals surface area (Å²) >= 11 is 0. The summed E-state index contributed by atoms with van der Waals surface area (Å²) in [4.78, 5) is 2.71. The highest BCUT2D eigenvalue weighted by Crippen LogP contribution is 2.25. The molecule has 2 heteroatoms. The molecule has 1 heterocycles. The van der Waals surface area contributed by atoms with E-state index < -0.39 is 0 Å². The van der Waals surface area contributed by atoms with Gasteiger partial charge in [0.25, 0.3) is 0 Å². The van der Waals surface area contributed by atoms with E-state index in [1.165, 1.54) is 25.8 Å². The molecule has 0 aliphatic carbocycles. The summed E-state index contributed by atoms with van der Waals surface area (Å²) in [6, 6.07) is 1.58. The van der Waals surface area contributed by atoms with Crippen LogP contribution in [0.3, 0.4) is 0 Å². The van der Waals surface area contributed by atoms with Gasteiger partial charge in [0.1, 0.15) is 0 Å². The van der Waals surface area contributed by atoms with E-state index in [9.17, 15) is 0 Å². The first-order valence-electron chi connectivity index (χ1n) is 6.11. The van der Waals surface area contributed by atoms with Gasteiger partial charge >= 0.3 is 0 Å². The maximum absolute atomic E-state index is 3.28. The highest BCUT2D eigenvalue weighted by molar-refractivity contribution is 4.84. The zero-order valence-corrected chi connectivity index (χ0v) is 10.2. The molecular weight excluding hydrogens is 172 g/mol. The molecule has 1 saturated heterocycles. The van der Waals surface area contributed by atoms with Crippen molar-refractivity contribution in [1.29, 1.82) is 0 Å². The molecule has 3 unspecified atom stereocenters. The minimum absolute atomic E-state index is 0.731. The standard InChI is InChI=1S/C12H26N2/c1-5-12-7-6-8-14(12)11(3)10(2)9-13-4/h10-13H,5-9H2,1-4H3. The third-order valence-electron chi connectivity index (χ3n) is 3.77. The van der Waals surface area contributed by atoms with Gasteiger partial charge in [0.15, 0.2) is 0 Å². The zero-order valence-electron chi connectivity index (χ0n) is 10.2. The van der Waals surface area contributed by atoms with Crippen LogP contribution in [-0.2, 0) is 0 Å². The lowest BCUT2D eigenvalue weighted by Gasteiger charge is -2.34. The summed E-state index contributed by atoms with van der Waals surface area (Å²) < 4.78 is 0. The summed E-state index contributed by atoms with van der Waals surface area (Å²) in [7, 11) is 2.05. The van der Waals surface area contributed by atoms with Crippen LogP contribution in [0.4, 0.5) is 0 Å². The Morgan fingerprint density at radius 2 is 2.14 bits per heavy atom. The van der Waals surface area contributed by atoms with Gasteiger partial charge in [0.05, 0.1) is 0 Å². The first-order valence-corrected chi connectivity index (χ1v) is 6.11. The Labute approximate surface area is 89.1 Å². The molecule has 0 bridgehead atoms. The van der Waals surface area contributed by atoms with Crippen LogP contribution < -0.4 is 5.32 Å². The lowest BCUT2D eigenvalue weighted by atomic mass is 10.0. The Kier molecular flexibility index (Phi) is 4.90. The molecule has 14 heavy (non-hydrogen) atoms. The SMILES string of the molecule is CCC1CCCN1C(C)C(C)CNC. The largest absolute Gasteiger partial charge is 0.319 e. The molecule has 0 aromatic rings. The average Bonchev–Trinajstić information content (AvgIpc) is 2.64. The second kappa shape index (κ2) is 5.72. The molecule has 0 aromatic carbocycles. The predicted molar refractivity (Wildman–Crippen MR) is 62.6 cm³/mol. The summed E-state index contributed by atoms with van der Waals surface area (Å²) in [5.41, 5.74) is 0. The molecule has 0 aromatic heterocycles. The first-order chi connectivity index (χ1) is 6.70. The summed E-state index contributed by atoms with van der Waals surface area (Å²) in [6.45, 7) is 9.50. The topological polar surface area (TPSA) is 15.3 Å². The monoisotopic (exact) mass is 198 g/mol. The molecule has 3 atom stereocenters. The third-order valence-corrected chi connectivity index (χ3v) is 3.77. The first kappa shape index (κ1) is 12.0. The Morgan fingerprint density at radius 3 is 2.71 bits per heavy atom. The van der Waals surface area contributed by atoms with Crippen LogP contribution >= 0.6 is 0 Å². The van der Waals surface area contributed by atoms with Crippen LogP contribution in [-0.4, -0.2) is 37.1 Å². The highest BCUT2D eigenvalue weighted by atomic mass is 15.2. The second-order valence-corrected chi connectivity index (χ2v) is 4.72. The lowest BCUT2D eigenvalue weighted by Crippen LogP contribution is -2.43. The van der Waals surface area contributed by atoms with Crippen LogP contribution in [0.1, 0.15) is 40.0 Å². The fourth-order valence-electron chi connectivity index (χ4n) is 2.65. The van der Waals surface area contributed by atoms with Crippen molar-refractivity contribution in [3.63, 3.8) is 0 Å². The van der Waals surface area contributed by atoms with Crippen molar-refractivity contribution in [2.24, 2.45) is 5.92 Å². The van der Waals surface area contributed by atoms with Crippen molar-refractivity contribution < 1.29 is 0 Å². The van der Waals surface area contributed by atoms with Crippen LogP contribution in [0.25, 0.3) is 0 Å². The number of likely N-dealkylation sites (tertiary alicyclic amines) is 1. The zero-order chi connectivity index (χ0) is 10.6. The van der Waals surface area contributed by atoms with Gasteiger partial charge in [-0.25, -0.2) is 0 Å². The number of nitrogens with one attached hydrogen (secondary N) is 1. The molecule has 1 N–H and O–H groups in total. The number of hydrogen-bond acceptors (Lipinski definition) is 2. The molecule has 1 aliphatic rings. The normalized spacial score (nSPS) is 27.9. The number of rotatable bonds is 5. The van der Waals surface area contributed by atoms with Gasteiger partial charge in [0.2, 0.25) is 0 Å². The summed E-state index contributed by atoms with van der Waals surface area (Å²) in [6.07, 6.45) is 4.12. The van der Waals surface area contributed by atoms with E-state index in [0.717, 1.165) is 24.5 Å². The lowest BCUT2D eigenvalue weighted by molar-refractivity contribution is 0.143. The Morgan fingerprint density at radius 1 is 1.43 bits per heavy atom. The summed E-state index contributed by atoms with van der Waals surface area (Å²) in [5.74, 6) is 0.757. The molecule has 1 aliphatic heterocycles. The Balaban J connectivity index is 2.45. The van der Waals surface area contributed by atoms with E-state index in [1.807, 2.05) is 7.05 Å². The molecule has 0 amide bonds. The minimum atomic E-state index is 0.731. The van der Waals surface area contributed by atoms with Gasteiger partial charge in [-0.2, -0.15) is 0 Å². The van der Waals surface area contributed by atoms with Crippen LogP contribution in [0, 0.1) is 5.92 Å². The molecule has 1 fully saturated rings. The van der Waals surface area contributed by atoms with Crippen molar-refractivity contribution in [3.05, 3.63) is 0 Å². The average molecular weight is 198 g/mol.